The number of nitrogens with zero attached hydrogens (tertiary/aromatic N) is 1. The van der Waals surface area contributed by atoms with E-state index in [-0.39, 0.29) is 11.9 Å². The number of carbonyl (C=O) groups is 1. The maximum absolute atomic E-state index is 11.3. The normalized spacial score (nSPS) is 17.7. The van der Waals surface area contributed by atoms with Gasteiger partial charge in [0.05, 0.1) is 16.8 Å². The van der Waals surface area contributed by atoms with Crippen molar-refractivity contribution >= 4 is 39.7 Å². The quantitative estimate of drug-likeness (QED) is 0.747. The minimum atomic E-state index is 0.107. The van der Waals surface area contributed by atoms with Crippen LogP contribution in [0, 0.1) is 0 Å². The fraction of sp³-hybridized carbons (Fsp3) is 0.267. The number of thiocarbonyl (C=S) groups is 1. The average Bonchev–Trinajstić information content (AvgIpc) is 2.90. The van der Waals surface area contributed by atoms with E-state index < -0.39 is 0 Å². The highest BCUT2D eigenvalue weighted by atomic mass is 32.1. The minimum absolute atomic E-state index is 0.107. The van der Waals surface area contributed by atoms with Crippen LogP contribution in [0.15, 0.2) is 30.5 Å². The average molecular weight is 300 g/mol. The first-order valence-corrected chi connectivity index (χ1v) is 7.27. The van der Waals surface area contributed by atoms with E-state index in [9.17, 15) is 4.79 Å². The number of anilines is 1. The molecule has 2 aromatic rings. The third-order valence-electron chi connectivity index (χ3n) is 3.65. The zero-order valence-corrected chi connectivity index (χ0v) is 12.2. The lowest BCUT2D eigenvalue weighted by molar-refractivity contribution is -0.119. The first kappa shape index (κ1) is 13.8. The Bertz CT molecular complexity index is 716. The first-order valence-electron chi connectivity index (χ1n) is 6.86. The number of hydrogen-bond acceptors (Lipinski definition) is 4. The second kappa shape index (κ2) is 5.65. The van der Waals surface area contributed by atoms with Crippen molar-refractivity contribution in [2.45, 2.75) is 18.9 Å². The van der Waals surface area contributed by atoms with Crippen molar-refractivity contribution in [3.8, 4) is 0 Å². The second-order valence-electron chi connectivity index (χ2n) is 5.11. The van der Waals surface area contributed by atoms with Crippen LogP contribution >= 0.6 is 12.2 Å². The van der Waals surface area contributed by atoms with E-state index in [2.05, 4.69) is 15.6 Å². The van der Waals surface area contributed by atoms with E-state index in [1.165, 1.54) is 0 Å². The molecule has 1 amide bonds. The summed E-state index contributed by atoms with van der Waals surface area (Å²) in [6.45, 7) is 0.648. The number of nitrogens with two attached hydrogens (primary N) is 1. The highest BCUT2D eigenvalue weighted by Gasteiger charge is 2.21. The van der Waals surface area contributed by atoms with Crippen molar-refractivity contribution in [1.29, 1.82) is 0 Å². The Balaban J connectivity index is 1.92. The van der Waals surface area contributed by atoms with Crippen LogP contribution in [0.25, 0.3) is 10.9 Å². The van der Waals surface area contributed by atoms with Gasteiger partial charge in [0.15, 0.2) is 0 Å². The van der Waals surface area contributed by atoms with E-state index in [1.54, 1.807) is 6.20 Å². The van der Waals surface area contributed by atoms with Gasteiger partial charge in [-0.05, 0) is 12.5 Å². The summed E-state index contributed by atoms with van der Waals surface area (Å²) in [7, 11) is 0. The Morgan fingerprint density at radius 3 is 3.00 bits per heavy atom. The van der Waals surface area contributed by atoms with Crippen LogP contribution in [0.4, 0.5) is 5.69 Å². The lowest BCUT2D eigenvalue weighted by atomic mass is 10.1. The zero-order chi connectivity index (χ0) is 14.8. The van der Waals surface area contributed by atoms with Crippen LogP contribution < -0.4 is 16.4 Å². The van der Waals surface area contributed by atoms with Gasteiger partial charge in [-0.3, -0.25) is 9.78 Å². The smallest absolute Gasteiger partial charge is 0.220 e. The van der Waals surface area contributed by atoms with Crippen molar-refractivity contribution in [3.05, 3.63) is 36.0 Å². The van der Waals surface area contributed by atoms with Gasteiger partial charge in [-0.25, -0.2) is 0 Å². The predicted octanol–water partition coefficient (Wildman–Crippen LogP) is 1.56. The van der Waals surface area contributed by atoms with Crippen LogP contribution in [0.2, 0.25) is 0 Å². The summed E-state index contributed by atoms with van der Waals surface area (Å²) in [5.74, 6) is 0.107. The largest absolute Gasteiger partial charge is 0.389 e. The van der Waals surface area contributed by atoms with E-state index in [1.807, 2.05) is 24.3 Å². The van der Waals surface area contributed by atoms with Crippen molar-refractivity contribution in [1.82, 2.24) is 10.3 Å². The van der Waals surface area contributed by atoms with E-state index >= 15 is 0 Å². The second-order valence-corrected chi connectivity index (χ2v) is 5.55. The van der Waals surface area contributed by atoms with Crippen molar-refractivity contribution < 1.29 is 4.79 Å². The number of carbonyl (C=O) groups excluding carboxylic acids is 1. The maximum Gasteiger partial charge on any atom is 0.220 e. The molecule has 1 aromatic carbocycles. The summed E-state index contributed by atoms with van der Waals surface area (Å²) in [6, 6.07) is 7.97. The number of benzene rings is 1. The van der Waals surface area contributed by atoms with Gasteiger partial charge >= 0.3 is 0 Å². The van der Waals surface area contributed by atoms with Crippen LogP contribution in [-0.4, -0.2) is 28.5 Å². The van der Waals surface area contributed by atoms with Crippen molar-refractivity contribution in [2.75, 3.05) is 11.9 Å². The third kappa shape index (κ3) is 2.80. The summed E-state index contributed by atoms with van der Waals surface area (Å²) < 4.78 is 0. The van der Waals surface area contributed by atoms with Crippen LogP contribution in [0.5, 0.6) is 0 Å². The van der Waals surface area contributed by atoms with E-state index in [4.69, 9.17) is 18.0 Å². The zero-order valence-electron chi connectivity index (χ0n) is 11.4. The summed E-state index contributed by atoms with van der Waals surface area (Å²) in [5, 5.41) is 7.30. The van der Waals surface area contributed by atoms with Gasteiger partial charge in [0.25, 0.3) is 0 Å². The molecular formula is C15H16N4OS. The monoisotopic (exact) mass is 300 g/mol. The Morgan fingerprint density at radius 1 is 1.48 bits per heavy atom. The molecule has 1 atom stereocenters. The van der Waals surface area contributed by atoms with Crippen LogP contribution in [0.1, 0.15) is 18.4 Å². The van der Waals surface area contributed by atoms with Crippen molar-refractivity contribution in [3.63, 3.8) is 0 Å². The summed E-state index contributed by atoms with van der Waals surface area (Å²) in [5.41, 5.74) is 8.29. The number of rotatable bonds is 4. The maximum atomic E-state index is 11.3. The van der Waals surface area contributed by atoms with E-state index in [0.29, 0.717) is 18.0 Å². The lowest BCUT2D eigenvalue weighted by Gasteiger charge is -2.17. The van der Waals surface area contributed by atoms with Gasteiger partial charge in [-0.2, -0.15) is 0 Å². The highest BCUT2D eigenvalue weighted by molar-refractivity contribution is 7.80. The number of pyridine rings is 1. The Labute approximate surface area is 127 Å². The Morgan fingerprint density at radius 2 is 2.29 bits per heavy atom. The number of nitrogens with one attached hydrogen (secondary N) is 2. The molecule has 21 heavy (non-hydrogen) atoms. The molecule has 0 aliphatic carbocycles. The predicted molar refractivity (Wildman–Crippen MR) is 87.3 cm³/mol. The number of amides is 1. The molecule has 1 aliphatic heterocycles. The molecule has 1 unspecified atom stereocenters. The van der Waals surface area contributed by atoms with Crippen LogP contribution in [-0.2, 0) is 4.79 Å². The van der Waals surface area contributed by atoms with Gasteiger partial charge < -0.3 is 16.4 Å². The molecule has 1 saturated heterocycles. The standard InChI is InChI=1S/C15H16N4OS/c16-15(21)11-8-17-12-4-2-1-3-10(12)14(11)18-7-9-5-6-13(20)19-9/h1-4,8-9H,5-7H2,(H2,16,21)(H,17,18)(H,19,20). The Hall–Kier alpha value is -2.21. The molecule has 3 rings (SSSR count). The van der Waals surface area contributed by atoms with Gasteiger partial charge in [-0.15, -0.1) is 0 Å². The third-order valence-corrected chi connectivity index (χ3v) is 3.87. The molecule has 0 saturated carbocycles. The topological polar surface area (TPSA) is 80.0 Å². The molecule has 0 spiro atoms. The molecule has 0 bridgehead atoms. The molecule has 0 radical (unpaired) electrons. The molecular weight excluding hydrogens is 284 g/mol. The highest BCUT2D eigenvalue weighted by Crippen LogP contribution is 2.26. The molecule has 2 heterocycles. The summed E-state index contributed by atoms with van der Waals surface area (Å²) in [4.78, 5) is 16.0. The molecule has 108 valence electrons. The molecule has 4 N–H and O–H groups in total. The summed E-state index contributed by atoms with van der Waals surface area (Å²) in [6.07, 6.45) is 3.13. The van der Waals surface area contributed by atoms with Gasteiger partial charge in [0.1, 0.15) is 4.99 Å². The molecule has 1 fully saturated rings. The van der Waals surface area contributed by atoms with Crippen molar-refractivity contribution in [2.24, 2.45) is 5.73 Å². The molecule has 5 nitrogen and oxygen atoms in total. The van der Waals surface area contributed by atoms with Gasteiger partial charge in [0, 0.05) is 30.6 Å². The Kier molecular flexibility index (Phi) is 3.70. The number of aromatic nitrogens is 1. The lowest BCUT2D eigenvalue weighted by Crippen LogP contribution is -2.32. The fourth-order valence-corrected chi connectivity index (χ4v) is 2.73. The number of fused-ring (bicyclic) bond motifs is 1. The minimum Gasteiger partial charge on any atom is -0.389 e. The molecule has 1 aliphatic rings. The van der Waals surface area contributed by atoms with Crippen LogP contribution in [0.3, 0.4) is 0 Å². The number of para-hydroxylation sites is 1. The SMILES string of the molecule is NC(=S)c1cnc2ccccc2c1NCC1CCC(=O)N1. The molecule has 6 heteroatoms. The first-order chi connectivity index (χ1) is 10.1. The van der Waals surface area contributed by atoms with E-state index in [0.717, 1.165) is 28.6 Å². The fourth-order valence-electron chi connectivity index (χ4n) is 2.57. The summed E-state index contributed by atoms with van der Waals surface area (Å²) >= 11 is 5.11. The van der Waals surface area contributed by atoms with Gasteiger partial charge in [-0.1, -0.05) is 30.4 Å². The molecule has 1 aromatic heterocycles. The van der Waals surface area contributed by atoms with Gasteiger partial charge in [0.2, 0.25) is 5.91 Å². The number of hydrogen-bond donors (Lipinski definition) is 3.